The maximum absolute atomic E-state index is 7.17. The molecule has 0 aliphatic heterocycles. The van der Waals surface area contributed by atoms with Crippen molar-refractivity contribution in [1.82, 2.24) is 9.80 Å². The van der Waals surface area contributed by atoms with E-state index in [4.69, 9.17) is 136 Å². The molecule has 0 heterocycles. The first kappa shape index (κ1) is 88.2. The molecule has 0 saturated heterocycles. The zero-order valence-electron chi connectivity index (χ0n) is 36.9. The fraction of sp³-hybridized carbons (Fsp3) is 1.00. The Bertz CT molecular complexity index is 488. The van der Waals surface area contributed by atoms with Gasteiger partial charge >= 0.3 is 65.9 Å². The minimum atomic E-state index is -2.17. The molecular weight excluding hydrogens is 846 g/mol. The van der Waals surface area contributed by atoms with Gasteiger partial charge in [0.15, 0.2) is 0 Å². The van der Waals surface area contributed by atoms with Crippen LogP contribution in [0.15, 0.2) is 0 Å². The third-order valence-corrected chi connectivity index (χ3v) is 4.97. The van der Waals surface area contributed by atoms with Crippen LogP contribution in [-0.4, -0.2) is 251 Å². The normalized spacial score (nSPS) is 8.56. The molecule has 0 saturated carbocycles. The van der Waals surface area contributed by atoms with E-state index < -0.39 is 65.9 Å². The highest BCUT2D eigenvalue weighted by Crippen LogP contribution is 2.02. The van der Waals surface area contributed by atoms with Gasteiger partial charge < -0.3 is 145 Å². The van der Waals surface area contributed by atoms with Crippen LogP contribution in [0.25, 0.3) is 0 Å². The average Bonchev–Trinajstić information content (AvgIpc) is 3.06. The van der Waals surface area contributed by atoms with Crippen LogP contribution in [0.4, 0.5) is 0 Å². The van der Waals surface area contributed by atoms with Crippen molar-refractivity contribution in [2.45, 2.75) is 119 Å². The molecule has 0 radical (unpaired) electrons. The highest BCUT2D eigenvalue weighted by atomic mass is 16.6. The van der Waals surface area contributed by atoms with E-state index in [1.807, 2.05) is 0 Å². The Morgan fingerprint density at radius 2 is 0.258 bits per heavy atom. The van der Waals surface area contributed by atoms with E-state index in [0.717, 1.165) is 0 Å². The first-order chi connectivity index (χ1) is 28.3. The van der Waals surface area contributed by atoms with Gasteiger partial charge in [-0.25, -0.2) is 0 Å². The summed E-state index contributed by atoms with van der Waals surface area (Å²) in [7, 11) is -19.5. The third-order valence-electron chi connectivity index (χ3n) is 4.97. The lowest BCUT2D eigenvalue weighted by Gasteiger charge is -2.21. The summed E-state index contributed by atoms with van der Waals surface area (Å²) in [5.41, 5.74) is 0. The van der Waals surface area contributed by atoms with Crippen LogP contribution in [0.5, 0.6) is 0 Å². The zero-order valence-corrected chi connectivity index (χ0v) is 36.9. The summed E-state index contributed by atoms with van der Waals surface area (Å²) in [4.78, 5) is 5.27. The second-order valence-electron chi connectivity index (χ2n) is 10.9. The Morgan fingerprint density at radius 3 is 0.306 bits per heavy atom. The molecule has 0 aromatic carbocycles. The molecule has 0 atom stereocenters. The topological polar surface area (TPSA) is 553 Å². The SMILES string of the molecule is CCCCN(CCCC)CCCC.CCCCN(CCCC)CCCC.OB(O)O.OB(O)O.OB(O)O.OB(O)O.OB(O)O.OB(O)O.OB(O)O.OB(O)O.OB(O)O. The van der Waals surface area contributed by atoms with Crippen molar-refractivity contribution in [3.8, 4) is 0 Å². The largest absolute Gasteiger partial charge is 0.631 e. The second-order valence-corrected chi connectivity index (χ2v) is 10.9. The van der Waals surface area contributed by atoms with E-state index in [1.165, 1.54) is 116 Å². The quantitative estimate of drug-likeness (QED) is 0.0568. The van der Waals surface area contributed by atoms with Crippen LogP contribution >= 0.6 is 0 Å². The summed E-state index contributed by atoms with van der Waals surface area (Å²) in [6.45, 7) is 21.5. The number of rotatable bonds is 18. The van der Waals surface area contributed by atoms with E-state index in [-0.39, 0.29) is 0 Å². The predicted molar refractivity (Wildman–Crippen MR) is 234 cm³/mol. The van der Waals surface area contributed by atoms with Crippen molar-refractivity contribution < 1.29 is 136 Å². The summed E-state index contributed by atoms with van der Waals surface area (Å²) >= 11 is 0. The number of nitrogens with zero attached hydrogens (tertiary/aromatic N) is 2. The first-order valence-corrected chi connectivity index (χ1v) is 19.1. The van der Waals surface area contributed by atoms with Gasteiger partial charge in [-0.1, -0.05) is 80.1 Å². The summed E-state index contributed by atoms with van der Waals surface area (Å²) in [5.74, 6) is 0. The smallest absolute Gasteiger partial charge is 0.402 e. The van der Waals surface area contributed by atoms with Gasteiger partial charge in [0.1, 0.15) is 0 Å². The lowest BCUT2D eigenvalue weighted by Crippen LogP contribution is -2.27. The highest BCUT2D eigenvalue weighted by molar-refractivity contribution is 6.32. The maximum atomic E-state index is 7.17. The molecule has 29 nitrogen and oxygen atoms in total. The lowest BCUT2D eigenvalue weighted by atomic mass is 10.2. The monoisotopic (exact) mass is 929 g/mol. The molecule has 0 spiro atoms. The molecule has 0 rings (SSSR count). The molecule has 376 valence electrons. The van der Waals surface area contributed by atoms with Crippen molar-refractivity contribution in [3.05, 3.63) is 0 Å². The van der Waals surface area contributed by atoms with Gasteiger partial charge in [0.2, 0.25) is 0 Å². The molecular formula is C24H81B9N2O27. The van der Waals surface area contributed by atoms with Crippen molar-refractivity contribution >= 4 is 65.9 Å². The summed E-state index contributed by atoms with van der Waals surface area (Å²) in [5, 5.41) is 193. The Hall–Kier alpha value is -0.576. The van der Waals surface area contributed by atoms with Crippen LogP contribution in [0, 0.1) is 0 Å². The minimum absolute atomic E-state index is 1.32. The standard InChI is InChI=1S/2C12H27N.9BH3O3/c2*1-4-7-10-13(11-8-5-2)12-9-6-3;9*2-1(3)4/h2*4-12H2,1-3H3;9*2-4H. The lowest BCUT2D eigenvalue weighted by molar-refractivity contribution is 0.261. The van der Waals surface area contributed by atoms with Gasteiger partial charge in [-0.15, -0.1) is 0 Å². The average molecular weight is 927 g/mol. The second kappa shape index (κ2) is 83.9. The summed E-state index contributed by atoms with van der Waals surface area (Å²) in [6, 6.07) is 0. The van der Waals surface area contributed by atoms with E-state index in [0.29, 0.717) is 0 Å². The highest BCUT2D eigenvalue weighted by Gasteiger charge is 2.03. The van der Waals surface area contributed by atoms with E-state index in [1.54, 1.807) is 0 Å². The predicted octanol–water partition coefficient (Wildman–Crippen LogP) is -11.1. The first-order valence-electron chi connectivity index (χ1n) is 19.1. The van der Waals surface area contributed by atoms with Crippen LogP contribution < -0.4 is 0 Å². The van der Waals surface area contributed by atoms with Gasteiger partial charge in [-0.2, -0.15) is 0 Å². The fourth-order valence-corrected chi connectivity index (χ4v) is 2.96. The van der Waals surface area contributed by atoms with E-state index >= 15 is 0 Å². The van der Waals surface area contributed by atoms with E-state index in [9.17, 15) is 0 Å². The Balaban J connectivity index is -0.0000000541. The molecule has 0 bridgehead atoms. The molecule has 0 aliphatic rings. The van der Waals surface area contributed by atoms with Crippen LogP contribution in [-0.2, 0) is 0 Å². The van der Waals surface area contributed by atoms with Gasteiger partial charge in [0, 0.05) is 0 Å². The summed E-state index contributed by atoms with van der Waals surface area (Å²) < 4.78 is 0. The van der Waals surface area contributed by atoms with E-state index in [2.05, 4.69) is 51.3 Å². The molecule has 62 heavy (non-hydrogen) atoms. The molecule has 0 aromatic heterocycles. The van der Waals surface area contributed by atoms with Crippen molar-refractivity contribution in [2.75, 3.05) is 39.3 Å². The van der Waals surface area contributed by atoms with Crippen molar-refractivity contribution in [2.24, 2.45) is 0 Å². The molecule has 0 fully saturated rings. The molecule has 0 aromatic rings. The number of hydrogen-bond donors (Lipinski definition) is 27. The Labute approximate surface area is 369 Å². The Kier molecular flexibility index (Phi) is 119. The zero-order chi connectivity index (χ0) is 52.1. The molecule has 27 N–H and O–H groups in total. The molecule has 38 heteroatoms. The van der Waals surface area contributed by atoms with Crippen molar-refractivity contribution in [3.63, 3.8) is 0 Å². The minimum Gasteiger partial charge on any atom is -0.402 e. The molecule has 0 unspecified atom stereocenters. The Morgan fingerprint density at radius 1 is 0.194 bits per heavy atom. The molecule has 0 amide bonds. The van der Waals surface area contributed by atoms with Gasteiger partial charge in [-0.05, 0) is 77.8 Å². The summed E-state index contributed by atoms with van der Waals surface area (Å²) in [6.07, 6.45) is 16.2. The van der Waals surface area contributed by atoms with Gasteiger partial charge in [0.25, 0.3) is 0 Å². The number of hydrogen-bond acceptors (Lipinski definition) is 29. The fourth-order valence-electron chi connectivity index (χ4n) is 2.96. The van der Waals surface area contributed by atoms with Crippen molar-refractivity contribution in [1.29, 1.82) is 0 Å². The maximum Gasteiger partial charge on any atom is 0.631 e. The third kappa shape index (κ3) is 370. The van der Waals surface area contributed by atoms with Crippen LogP contribution in [0.3, 0.4) is 0 Å². The molecule has 0 aliphatic carbocycles. The number of unbranched alkanes of at least 4 members (excludes halogenated alkanes) is 6. The van der Waals surface area contributed by atoms with Gasteiger partial charge in [0.05, 0.1) is 0 Å². The van der Waals surface area contributed by atoms with Crippen LogP contribution in [0.1, 0.15) is 119 Å². The van der Waals surface area contributed by atoms with Gasteiger partial charge in [-0.3, -0.25) is 0 Å². The van der Waals surface area contributed by atoms with Crippen LogP contribution in [0.2, 0.25) is 0 Å².